The van der Waals surface area contributed by atoms with Gasteiger partial charge in [-0.3, -0.25) is 4.40 Å². The van der Waals surface area contributed by atoms with Crippen LogP contribution >= 0.6 is 0 Å². The summed E-state index contributed by atoms with van der Waals surface area (Å²) in [5.74, 6) is 3.31. The third kappa shape index (κ3) is 6.82. The van der Waals surface area contributed by atoms with Crippen LogP contribution in [0, 0.1) is 0 Å². The molecule has 6 nitrogen and oxygen atoms in total. The number of rotatable bonds is 8. The molecule has 8 aromatic carbocycles. The zero-order valence-electron chi connectivity index (χ0n) is 33.0. The van der Waals surface area contributed by atoms with Crippen LogP contribution in [-0.2, 0) is 0 Å². The molecule has 6 heteroatoms. The van der Waals surface area contributed by atoms with Crippen molar-refractivity contribution in [2.45, 2.75) is 0 Å². The highest BCUT2D eigenvalue weighted by atomic mass is 15.1. The summed E-state index contributed by atoms with van der Waals surface area (Å²) in [6.45, 7) is 0. The molecule has 0 spiro atoms. The van der Waals surface area contributed by atoms with Gasteiger partial charge in [0.25, 0.3) is 0 Å². The molecule has 0 aliphatic rings. The average Bonchev–Trinajstić information content (AvgIpc) is 3.69. The molecule has 0 atom stereocenters. The van der Waals surface area contributed by atoms with Gasteiger partial charge in [-0.25, -0.2) is 24.9 Å². The second-order valence-corrected chi connectivity index (χ2v) is 14.9. The largest absolute Gasteiger partial charge is 0.277 e. The van der Waals surface area contributed by atoms with E-state index >= 15 is 0 Å². The fourth-order valence-corrected chi connectivity index (χ4v) is 8.08. The first-order valence-electron chi connectivity index (χ1n) is 20.3. The number of hydrogen-bond acceptors (Lipinski definition) is 5. The van der Waals surface area contributed by atoms with Crippen LogP contribution in [0.15, 0.2) is 218 Å². The Labute approximate surface area is 353 Å². The lowest BCUT2D eigenvalue weighted by atomic mass is 10.0. The van der Waals surface area contributed by atoms with E-state index in [1.165, 1.54) is 0 Å². The first kappa shape index (κ1) is 35.8. The minimum absolute atomic E-state index is 0.590. The maximum atomic E-state index is 5.24. The molecule has 0 aliphatic heterocycles. The number of nitrogens with zero attached hydrogens (tertiary/aromatic N) is 6. The van der Waals surface area contributed by atoms with Crippen LogP contribution in [0.3, 0.4) is 0 Å². The lowest BCUT2D eigenvalue weighted by Gasteiger charge is -2.13. The number of benzene rings is 8. The van der Waals surface area contributed by atoms with Crippen molar-refractivity contribution in [1.82, 2.24) is 29.3 Å². The monoisotopic (exact) mass is 780 g/mol. The van der Waals surface area contributed by atoms with E-state index in [1.54, 1.807) is 0 Å². The smallest absolute Gasteiger partial charge is 0.164 e. The molecule has 11 rings (SSSR count). The first-order chi connectivity index (χ1) is 30.2. The summed E-state index contributed by atoms with van der Waals surface area (Å²) in [7, 11) is 0. The standard InChI is InChI=1S/C55H36N6/c1-5-17-37(18-6-1)43-25-15-27-45(35-43)52-56-50(57-53(58-52)46-28-16-26-44(36-46)38-19-7-2-8-20-38)41-33-31-39(32-34-41)49-47-29-13-14-30-48(47)55-60-51(40-21-9-3-10-22-40)59-54(61(49)55)42-23-11-4-12-24-42/h1-36H. The molecule has 61 heavy (non-hydrogen) atoms. The van der Waals surface area contributed by atoms with Gasteiger partial charge in [-0.2, -0.15) is 0 Å². The van der Waals surface area contributed by atoms with Crippen molar-refractivity contribution in [1.29, 1.82) is 0 Å². The van der Waals surface area contributed by atoms with E-state index in [2.05, 4.69) is 186 Å². The van der Waals surface area contributed by atoms with Gasteiger partial charge >= 0.3 is 0 Å². The van der Waals surface area contributed by atoms with Crippen LogP contribution in [-0.4, -0.2) is 29.3 Å². The molecular weight excluding hydrogens is 745 g/mol. The first-order valence-corrected chi connectivity index (χ1v) is 20.3. The van der Waals surface area contributed by atoms with Crippen LogP contribution in [0.5, 0.6) is 0 Å². The molecule has 0 radical (unpaired) electrons. The molecule has 0 aliphatic carbocycles. The molecule has 0 N–H and O–H groups in total. The predicted octanol–water partition coefficient (Wildman–Crippen LogP) is 13.4. The number of aromatic nitrogens is 6. The Morgan fingerprint density at radius 2 is 0.623 bits per heavy atom. The van der Waals surface area contributed by atoms with E-state index in [1.807, 2.05) is 36.4 Å². The third-order valence-corrected chi connectivity index (χ3v) is 11.1. The summed E-state index contributed by atoms with van der Waals surface area (Å²) in [6.07, 6.45) is 0. The van der Waals surface area contributed by atoms with Crippen LogP contribution in [0.2, 0.25) is 0 Å². The highest BCUT2D eigenvalue weighted by Gasteiger charge is 2.21. The van der Waals surface area contributed by atoms with E-state index < -0.39 is 0 Å². The Morgan fingerprint density at radius 3 is 1.16 bits per heavy atom. The third-order valence-electron chi connectivity index (χ3n) is 11.1. The van der Waals surface area contributed by atoms with Crippen molar-refractivity contribution in [2.24, 2.45) is 0 Å². The minimum atomic E-state index is 0.590. The average molecular weight is 781 g/mol. The Kier molecular flexibility index (Phi) is 9.06. The van der Waals surface area contributed by atoms with E-state index in [0.29, 0.717) is 23.3 Å². The summed E-state index contributed by atoms with van der Waals surface area (Å²) in [5.41, 5.74) is 12.0. The predicted molar refractivity (Wildman–Crippen MR) is 247 cm³/mol. The van der Waals surface area contributed by atoms with Crippen molar-refractivity contribution < 1.29 is 0 Å². The quantitative estimate of drug-likeness (QED) is 0.154. The van der Waals surface area contributed by atoms with Crippen molar-refractivity contribution in [2.75, 3.05) is 0 Å². The highest BCUT2D eigenvalue weighted by molar-refractivity contribution is 6.06. The molecule has 0 fully saturated rings. The molecule has 11 aromatic rings. The topological polar surface area (TPSA) is 68.9 Å². The Bertz CT molecular complexity index is 3230. The van der Waals surface area contributed by atoms with E-state index in [0.717, 1.165) is 83.6 Å². The van der Waals surface area contributed by atoms with Gasteiger partial charge in [-0.1, -0.05) is 206 Å². The number of fused-ring (bicyclic) bond motifs is 3. The van der Waals surface area contributed by atoms with Crippen LogP contribution < -0.4 is 0 Å². The zero-order chi connectivity index (χ0) is 40.5. The zero-order valence-corrected chi connectivity index (χ0v) is 33.0. The van der Waals surface area contributed by atoms with E-state index in [-0.39, 0.29) is 0 Å². The Morgan fingerprint density at radius 1 is 0.246 bits per heavy atom. The lowest BCUT2D eigenvalue weighted by Crippen LogP contribution is -2.03. The molecule has 0 saturated carbocycles. The van der Waals surface area contributed by atoms with Crippen LogP contribution in [0.25, 0.3) is 107 Å². The van der Waals surface area contributed by atoms with Gasteiger partial charge < -0.3 is 0 Å². The van der Waals surface area contributed by atoms with Gasteiger partial charge in [0.15, 0.2) is 23.3 Å². The Hall–Kier alpha value is -8.35. The molecular formula is C55H36N6. The molecule has 0 bridgehead atoms. The van der Waals surface area contributed by atoms with Gasteiger partial charge in [0.05, 0.1) is 5.69 Å². The van der Waals surface area contributed by atoms with Crippen molar-refractivity contribution in [3.8, 4) is 90.5 Å². The molecule has 3 aromatic heterocycles. The van der Waals surface area contributed by atoms with Crippen molar-refractivity contribution >= 4 is 16.4 Å². The van der Waals surface area contributed by atoms with Gasteiger partial charge in [0.2, 0.25) is 0 Å². The molecule has 0 amide bonds. The second-order valence-electron chi connectivity index (χ2n) is 14.9. The van der Waals surface area contributed by atoms with Crippen LogP contribution in [0.4, 0.5) is 0 Å². The SMILES string of the molecule is c1ccc(-c2cccc(-c3nc(-c4ccc(-c5c6ccccc6c6nc(-c7ccccc7)nc(-c7ccccc7)n56)cc4)nc(-c4cccc(-c5ccccc5)c4)n3)c2)cc1. The van der Waals surface area contributed by atoms with Gasteiger partial charge in [-0.15, -0.1) is 0 Å². The summed E-state index contributed by atoms with van der Waals surface area (Å²) in [4.78, 5) is 25.9. The number of hydrogen-bond donors (Lipinski definition) is 0. The summed E-state index contributed by atoms with van der Waals surface area (Å²) < 4.78 is 2.21. The fraction of sp³-hybridized carbons (Fsp3) is 0. The summed E-state index contributed by atoms with van der Waals surface area (Å²) in [5, 5.41) is 2.15. The summed E-state index contributed by atoms with van der Waals surface area (Å²) >= 11 is 0. The summed E-state index contributed by atoms with van der Waals surface area (Å²) in [6, 6.07) is 75.1. The lowest BCUT2D eigenvalue weighted by molar-refractivity contribution is 1.05. The fourth-order valence-electron chi connectivity index (χ4n) is 8.08. The van der Waals surface area contributed by atoms with E-state index in [4.69, 9.17) is 24.9 Å². The van der Waals surface area contributed by atoms with Gasteiger partial charge in [0, 0.05) is 38.6 Å². The molecule has 286 valence electrons. The van der Waals surface area contributed by atoms with Crippen LogP contribution in [0.1, 0.15) is 0 Å². The van der Waals surface area contributed by atoms with Crippen molar-refractivity contribution in [3.05, 3.63) is 218 Å². The molecule has 0 saturated heterocycles. The minimum Gasteiger partial charge on any atom is -0.277 e. The maximum Gasteiger partial charge on any atom is 0.164 e. The van der Waals surface area contributed by atoms with Gasteiger partial charge in [-0.05, 0) is 39.9 Å². The maximum absolute atomic E-state index is 5.24. The second kappa shape index (κ2) is 15.4. The Balaban J connectivity index is 1.07. The van der Waals surface area contributed by atoms with E-state index in [9.17, 15) is 0 Å². The highest BCUT2D eigenvalue weighted by Crippen LogP contribution is 2.38. The molecule has 0 unspecified atom stereocenters. The molecule has 3 heterocycles. The van der Waals surface area contributed by atoms with Crippen molar-refractivity contribution in [3.63, 3.8) is 0 Å². The van der Waals surface area contributed by atoms with Gasteiger partial charge in [0.1, 0.15) is 11.5 Å². The normalized spacial score (nSPS) is 11.3.